The van der Waals surface area contributed by atoms with Crippen LogP contribution in [0.25, 0.3) is 0 Å². The number of hydrogen-bond acceptors (Lipinski definition) is 3. The van der Waals surface area contributed by atoms with Gasteiger partial charge in [-0.2, -0.15) is 0 Å². The van der Waals surface area contributed by atoms with Gasteiger partial charge < -0.3 is 9.47 Å². The van der Waals surface area contributed by atoms with E-state index in [0.29, 0.717) is 6.61 Å². The van der Waals surface area contributed by atoms with E-state index in [2.05, 4.69) is 13.5 Å². The Kier molecular flexibility index (Phi) is 3.69. The monoisotopic (exact) mass is 198 g/mol. The zero-order valence-corrected chi connectivity index (χ0v) is 8.91. The van der Waals surface area contributed by atoms with Crippen molar-refractivity contribution in [2.75, 3.05) is 6.61 Å². The molecule has 0 aromatic heterocycles. The fourth-order valence-electron chi connectivity index (χ4n) is 1.51. The average Bonchev–Trinajstić information content (AvgIpc) is 2.75. The van der Waals surface area contributed by atoms with E-state index in [4.69, 9.17) is 9.47 Å². The van der Waals surface area contributed by atoms with Crippen molar-refractivity contribution in [2.45, 2.75) is 44.8 Å². The predicted molar refractivity (Wildman–Crippen MR) is 54.0 cm³/mol. The van der Waals surface area contributed by atoms with Crippen LogP contribution in [0.1, 0.15) is 33.1 Å². The third kappa shape index (κ3) is 3.14. The second kappa shape index (κ2) is 4.60. The first-order chi connectivity index (χ1) is 6.58. The zero-order valence-electron chi connectivity index (χ0n) is 8.91. The SMILES string of the molecule is C=CCCC[C@]1(C)O[C@H]1COC(C)=O. The van der Waals surface area contributed by atoms with Crippen molar-refractivity contribution >= 4 is 5.97 Å². The van der Waals surface area contributed by atoms with Gasteiger partial charge in [0.1, 0.15) is 12.7 Å². The van der Waals surface area contributed by atoms with E-state index in [1.165, 1.54) is 6.92 Å². The molecule has 80 valence electrons. The lowest BCUT2D eigenvalue weighted by atomic mass is 10.0. The van der Waals surface area contributed by atoms with E-state index in [9.17, 15) is 4.79 Å². The first kappa shape index (κ1) is 11.2. The summed E-state index contributed by atoms with van der Waals surface area (Å²) in [7, 11) is 0. The van der Waals surface area contributed by atoms with Crippen molar-refractivity contribution in [1.29, 1.82) is 0 Å². The summed E-state index contributed by atoms with van der Waals surface area (Å²) in [5.74, 6) is -0.242. The Morgan fingerprint density at radius 3 is 3.00 bits per heavy atom. The van der Waals surface area contributed by atoms with Crippen LogP contribution >= 0.6 is 0 Å². The number of esters is 1. The van der Waals surface area contributed by atoms with Gasteiger partial charge in [-0.25, -0.2) is 0 Å². The van der Waals surface area contributed by atoms with E-state index in [-0.39, 0.29) is 17.7 Å². The van der Waals surface area contributed by atoms with E-state index in [1.807, 2.05) is 6.08 Å². The lowest BCUT2D eigenvalue weighted by Crippen LogP contribution is -2.15. The van der Waals surface area contributed by atoms with Crippen molar-refractivity contribution in [3.05, 3.63) is 12.7 Å². The topological polar surface area (TPSA) is 38.8 Å². The number of allylic oxidation sites excluding steroid dienone is 1. The summed E-state index contributed by atoms with van der Waals surface area (Å²) in [5.41, 5.74) is -0.0710. The van der Waals surface area contributed by atoms with E-state index >= 15 is 0 Å². The molecule has 0 bridgehead atoms. The summed E-state index contributed by atoms with van der Waals surface area (Å²) < 4.78 is 10.4. The molecule has 0 unspecified atom stereocenters. The number of carbonyl (C=O) groups is 1. The van der Waals surface area contributed by atoms with Crippen molar-refractivity contribution in [3.63, 3.8) is 0 Å². The van der Waals surface area contributed by atoms with Crippen LogP contribution in [-0.2, 0) is 14.3 Å². The summed E-state index contributed by atoms with van der Waals surface area (Å²) >= 11 is 0. The first-order valence-electron chi connectivity index (χ1n) is 5.00. The smallest absolute Gasteiger partial charge is 0.302 e. The van der Waals surface area contributed by atoms with Crippen LogP contribution in [0.4, 0.5) is 0 Å². The van der Waals surface area contributed by atoms with Gasteiger partial charge in [0.25, 0.3) is 0 Å². The summed E-state index contributed by atoms with van der Waals surface area (Å²) in [5, 5.41) is 0. The highest BCUT2D eigenvalue weighted by Gasteiger charge is 2.51. The molecular weight excluding hydrogens is 180 g/mol. The van der Waals surface area contributed by atoms with Crippen LogP contribution in [0.15, 0.2) is 12.7 Å². The third-order valence-electron chi connectivity index (χ3n) is 2.55. The predicted octanol–water partition coefficient (Wildman–Crippen LogP) is 2.06. The number of hydrogen-bond donors (Lipinski definition) is 0. The van der Waals surface area contributed by atoms with Crippen LogP contribution in [0.5, 0.6) is 0 Å². The molecule has 0 aromatic carbocycles. The largest absolute Gasteiger partial charge is 0.463 e. The molecule has 0 spiro atoms. The Hall–Kier alpha value is -0.830. The molecule has 14 heavy (non-hydrogen) atoms. The van der Waals surface area contributed by atoms with Gasteiger partial charge in [-0.05, 0) is 26.2 Å². The molecule has 3 heteroatoms. The van der Waals surface area contributed by atoms with Crippen molar-refractivity contribution in [1.82, 2.24) is 0 Å². The van der Waals surface area contributed by atoms with E-state index in [0.717, 1.165) is 19.3 Å². The Morgan fingerprint density at radius 2 is 2.43 bits per heavy atom. The molecular formula is C11H18O3. The Balaban J connectivity index is 2.14. The molecule has 1 heterocycles. The molecule has 0 aromatic rings. The Labute approximate surface area is 85.1 Å². The molecule has 0 N–H and O–H groups in total. The summed E-state index contributed by atoms with van der Waals surface area (Å²) in [4.78, 5) is 10.6. The molecule has 3 nitrogen and oxygen atoms in total. The molecule has 0 saturated carbocycles. The first-order valence-corrected chi connectivity index (χ1v) is 5.00. The van der Waals surface area contributed by atoms with Gasteiger partial charge in [0.05, 0.1) is 5.60 Å². The zero-order chi connectivity index (χ0) is 10.6. The maximum absolute atomic E-state index is 10.6. The van der Waals surface area contributed by atoms with Crippen LogP contribution < -0.4 is 0 Å². The van der Waals surface area contributed by atoms with Crippen molar-refractivity contribution in [2.24, 2.45) is 0 Å². The molecule has 0 aliphatic carbocycles. The number of epoxide rings is 1. The van der Waals surface area contributed by atoms with Crippen molar-refractivity contribution in [3.8, 4) is 0 Å². The lowest BCUT2D eigenvalue weighted by Gasteiger charge is -2.04. The Bertz CT molecular complexity index is 225. The standard InChI is InChI=1S/C11H18O3/c1-4-5-6-7-11(3)10(14-11)8-13-9(2)12/h4,10H,1,5-8H2,2-3H3/t10-,11-/m0/s1. The lowest BCUT2D eigenvalue weighted by molar-refractivity contribution is -0.141. The minimum atomic E-state index is -0.242. The summed E-state index contributed by atoms with van der Waals surface area (Å²) in [6.07, 6.45) is 5.10. The summed E-state index contributed by atoms with van der Waals surface area (Å²) in [6, 6.07) is 0. The minimum absolute atomic E-state index is 0.0710. The second-order valence-corrected chi connectivity index (χ2v) is 3.90. The van der Waals surface area contributed by atoms with Gasteiger partial charge in [0.2, 0.25) is 0 Å². The number of unbranched alkanes of at least 4 members (excludes halogenated alkanes) is 1. The quantitative estimate of drug-likeness (QED) is 0.284. The minimum Gasteiger partial charge on any atom is -0.463 e. The van der Waals surface area contributed by atoms with Crippen LogP contribution in [0, 0.1) is 0 Å². The van der Waals surface area contributed by atoms with E-state index < -0.39 is 0 Å². The normalized spacial score (nSPS) is 29.7. The molecule has 1 aliphatic heterocycles. The van der Waals surface area contributed by atoms with Gasteiger partial charge in [0.15, 0.2) is 0 Å². The van der Waals surface area contributed by atoms with Gasteiger partial charge >= 0.3 is 5.97 Å². The molecule has 2 atom stereocenters. The molecule has 1 aliphatic rings. The van der Waals surface area contributed by atoms with Crippen LogP contribution in [-0.4, -0.2) is 24.3 Å². The van der Waals surface area contributed by atoms with E-state index in [1.54, 1.807) is 0 Å². The van der Waals surface area contributed by atoms with Crippen LogP contribution in [0.2, 0.25) is 0 Å². The molecule has 1 rings (SSSR count). The highest BCUT2D eigenvalue weighted by atomic mass is 16.6. The summed E-state index contributed by atoms with van der Waals surface area (Å²) in [6.45, 7) is 7.53. The van der Waals surface area contributed by atoms with Gasteiger partial charge in [-0.3, -0.25) is 4.79 Å². The average molecular weight is 198 g/mol. The highest BCUT2D eigenvalue weighted by Crippen LogP contribution is 2.40. The Morgan fingerprint density at radius 1 is 1.71 bits per heavy atom. The maximum Gasteiger partial charge on any atom is 0.302 e. The molecule has 0 radical (unpaired) electrons. The maximum atomic E-state index is 10.6. The number of ether oxygens (including phenoxy) is 2. The molecule has 1 saturated heterocycles. The van der Waals surface area contributed by atoms with Crippen molar-refractivity contribution < 1.29 is 14.3 Å². The third-order valence-corrected chi connectivity index (χ3v) is 2.55. The number of rotatable bonds is 6. The molecule has 0 amide bonds. The highest BCUT2D eigenvalue weighted by molar-refractivity contribution is 5.65. The fourth-order valence-corrected chi connectivity index (χ4v) is 1.51. The molecule has 1 fully saturated rings. The number of carbonyl (C=O) groups excluding carboxylic acids is 1. The van der Waals surface area contributed by atoms with Gasteiger partial charge in [-0.1, -0.05) is 6.08 Å². The van der Waals surface area contributed by atoms with Crippen LogP contribution in [0.3, 0.4) is 0 Å². The van der Waals surface area contributed by atoms with Gasteiger partial charge in [0, 0.05) is 6.92 Å². The fraction of sp³-hybridized carbons (Fsp3) is 0.727. The second-order valence-electron chi connectivity index (χ2n) is 3.90. The van der Waals surface area contributed by atoms with Gasteiger partial charge in [-0.15, -0.1) is 6.58 Å².